The van der Waals surface area contributed by atoms with Gasteiger partial charge in [-0.15, -0.1) is 0 Å². The van der Waals surface area contributed by atoms with Crippen molar-refractivity contribution in [3.8, 4) is 45.0 Å². The van der Waals surface area contributed by atoms with Gasteiger partial charge < -0.3 is 0 Å². The summed E-state index contributed by atoms with van der Waals surface area (Å²) in [7, 11) is 0. The molecule has 2 aromatic heterocycles. The van der Waals surface area contributed by atoms with Gasteiger partial charge >= 0.3 is 0 Å². The van der Waals surface area contributed by atoms with Gasteiger partial charge in [-0.25, -0.2) is 15.0 Å². The van der Waals surface area contributed by atoms with Crippen molar-refractivity contribution in [2.24, 2.45) is 0 Å². The molecular formula is C35H23N3. The first kappa shape index (κ1) is 22.1. The molecule has 3 heteroatoms. The zero-order valence-electron chi connectivity index (χ0n) is 20.6. The maximum atomic E-state index is 5.17. The molecule has 178 valence electrons. The third-order valence-electron chi connectivity index (χ3n) is 6.94. The first-order valence-corrected chi connectivity index (χ1v) is 12.7. The Morgan fingerprint density at radius 3 is 1.50 bits per heavy atom. The van der Waals surface area contributed by atoms with Crippen molar-refractivity contribution in [3.05, 3.63) is 140 Å². The third kappa shape index (κ3) is 4.21. The van der Waals surface area contributed by atoms with Gasteiger partial charge in [-0.2, -0.15) is 0 Å². The zero-order chi connectivity index (χ0) is 25.3. The molecule has 0 amide bonds. The van der Waals surface area contributed by atoms with Crippen molar-refractivity contribution in [3.63, 3.8) is 0 Å². The second kappa shape index (κ2) is 9.38. The molecule has 0 fully saturated rings. The largest absolute Gasteiger partial charge is 0.248 e. The normalized spacial score (nSPS) is 11.2. The molecule has 5 aromatic carbocycles. The van der Waals surface area contributed by atoms with E-state index in [0.29, 0.717) is 5.82 Å². The van der Waals surface area contributed by atoms with E-state index >= 15 is 0 Å². The summed E-state index contributed by atoms with van der Waals surface area (Å²) in [5.74, 6) is 0.716. The zero-order valence-corrected chi connectivity index (χ0v) is 20.6. The quantitative estimate of drug-likeness (QED) is 0.250. The second-order valence-corrected chi connectivity index (χ2v) is 9.40. The van der Waals surface area contributed by atoms with Crippen LogP contribution in [-0.2, 0) is 0 Å². The highest BCUT2D eigenvalue weighted by molar-refractivity contribution is 5.90. The van der Waals surface area contributed by atoms with Gasteiger partial charge in [-0.1, -0.05) is 91.0 Å². The molecule has 0 radical (unpaired) electrons. The topological polar surface area (TPSA) is 38.7 Å². The molecular weight excluding hydrogens is 462 g/mol. The van der Waals surface area contributed by atoms with Crippen LogP contribution in [0.5, 0.6) is 0 Å². The predicted molar refractivity (Wildman–Crippen MR) is 157 cm³/mol. The molecule has 7 rings (SSSR count). The van der Waals surface area contributed by atoms with Gasteiger partial charge in [0.15, 0.2) is 5.82 Å². The fraction of sp³-hybridized carbons (Fsp3) is 0. The van der Waals surface area contributed by atoms with E-state index in [1.165, 1.54) is 21.5 Å². The van der Waals surface area contributed by atoms with Crippen LogP contribution in [0.2, 0.25) is 0 Å². The van der Waals surface area contributed by atoms with E-state index in [-0.39, 0.29) is 0 Å². The van der Waals surface area contributed by atoms with Crippen molar-refractivity contribution >= 4 is 21.5 Å². The molecule has 0 spiro atoms. The number of hydrogen-bond acceptors (Lipinski definition) is 3. The van der Waals surface area contributed by atoms with Gasteiger partial charge in [-0.05, 0) is 69.1 Å². The SMILES string of the molecule is c1cnc(-c2cccc(-c3cc(-c4ccc5ccccc5c4)nc(-c4ccc5ccccc5c4)c3)c2)nc1. The van der Waals surface area contributed by atoms with E-state index in [4.69, 9.17) is 4.98 Å². The Balaban J connectivity index is 1.42. The van der Waals surface area contributed by atoms with E-state index in [1.807, 2.05) is 6.07 Å². The van der Waals surface area contributed by atoms with Crippen LogP contribution in [0, 0.1) is 0 Å². The van der Waals surface area contributed by atoms with Crippen molar-refractivity contribution in [2.75, 3.05) is 0 Å². The van der Waals surface area contributed by atoms with Crippen LogP contribution in [0.3, 0.4) is 0 Å². The Labute approximate surface area is 221 Å². The number of fused-ring (bicyclic) bond motifs is 2. The Hall–Kier alpha value is -5.15. The molecule has 0 aliphatic carbocycles. The average molecular weight is 486 g/mol. The molecule has 0 bridgehead atoms. The van der Waals surface area contributed by atoms with Crippen LogP contribution in [0.4, 0.5) is 0 Å². The summed E-state index contributed by atoms with van der Waals surface area (Å²) in [5, 5.41) is 4.84. The minimum Gasteiger partial charge on any atom is -0.248 e. The van der Waals surface area contributed by atoms with Gasteiger partial charge in [0.2, 0.25) is 0 Å². The molecule has 38 heavy (non-hydrogen) atoms. The lowest BCUT2D eigenvalue weighted by Crippen LogP contribution is -1.92. The maximum Gasteiger partial charge on any atom is 0.159 e. The minimum absolute atomic E-state index is 0.716. The van der Waals surface area contributed by atoms with Gasteiger partial charge in [0.25, 0.3) is 0 Å². The number of aromatic nitrogens is 3. The van der Waals surface area contributed by atoms with Gasteiger partial charge in [-0.3, -0.25) is 0 Å². The summed E-state index contributed by atoms with van der Waals surface area (Å²) in [6.45, 7) is 0. The molecule has 0 atom stereocenters. The standard InChI is InChI=1S/C35H23N3/c1-3-9-26-19-29(15-13-24(26)7-1)33-22-32(28-11-5-12-31(21-28)35-36-17-6-18-37-35)23-34(38-33)30-16-14-25-8-2-4-10-27(25)20-30/h1-23H. The molecule has 0 N–H and O–H groups in total. The Kier molecular flexibility index (Phi) is 5.45. The van der Waals surface area contributed by atoms with Gasteiger partial charge in [0.1, 0.15) is 0 Å². The fourth-order valence-electron chi connectivity index (χ4n) is 4.98. The minimum atomic E-state index is 0.716. The van der Waals surface area contributed by atoms with Crippen LogP contribution in [0.15, 0.2) is 140 Å². The number of rotatable bonds is 4. The van der Waals surface area contributed by atoms with Crippen LogP contribution >= 0.6 is 0 Å². The molecule has 2 heterocycles. The van der Waals surface area contributed by atoms with Crippen LogP contribution < -0.4 is 0 Å². The van der Waals surface area contributed by atoms with E-state index in [2.05, 4.69) is 131 Å². The van der Waals surface area contributed by atoms with Crippen molar-refractivity contribution in [1.29, 1.82) is 0 Å². The van der Waals surface area contributed by atoms with E-state index in [1.54, 1.807) is 12.4 Å². The Morgan fingerprint density at radius 1 is 0.342 bits per heavy atom. The number of benzene rings is 5. The average Bonchev–Trinajstić information content (AvgIpc) is 3.01. The lowest BCUT2D eigenvalue weighted by molar-refractivity contribution is 1.18. The molecule has 7 aromatic rings. The monoisotopic (exact) mass is 485 g/mol. The van der Waals surface area contributed by atoms with Crippen molar-refractivity contribution in [1.82, 2.24) is 15.0 Å². The third-order valence-corrected chi connectivity index (χ3v) is 6.94. The second-order valence-electron chi connectivity index (χ2n) is 9.40. The van der Waals surface area contributed by atoms with Crippen LogP contribution in [0.25, 0.3) is 66.6 Å². The molecule has 3 nitrogen and oxygen atoms in total. The molecule has 0 unspecified atom stereocenters. The summed E-state index contributed by atoms with van der Waals surface area (Å²) < 4.78 is 0. The highest BCUT2D eigenvalue weighted by Gasteiger charge is 2.11. The van der Waals surface area contributed by atoms with Gasteiger partial charge in [0, 0.05) is 29.1 Å². The summed E-state index contributed by atoms with van der Waals surface area (Å²) in [6, 6.07) is 44.6. The molecule has 0 saturated heterocycles. The van der Waals surface area contributed by atoms with Gasteiger partial charge in [0.05, 0.1) is 11.4 Å². The number of pyridine rings is 1. The first-order chi connectivity index (χ1) is 18.8. The first-order valence-electron chi connectivity index (χ1n) is 12.7. The highest BCUT2D eigenvalue weighted by Crippen LogP contribution is 2.33. The summed E-state index contributed by atoms with van der Waals surface area (Å²) in [6.07, 6.45) is 3.55. The highest BCUT2D eigenvalue weighted by atomic mass is 14.8. The molecule has 0 aliphatic rings. The smallest absolute Gasteiger partial charge is 0.159 e. The van der Waals surface area contributed by atoms with Crippen LogP contribution in [0.1, 0.15) is 0 Å². The maximum absolute atomic E-state index is 5.17. The van der Waals surface area contributed by atoms with E-state index in [0.717, 1.165) is 39.2 Å². The fourth-order valence-corrected chi connectivity index (χ4v) is 4.98. The lowest BCUT2D eigenvalue weighted by atomic mass is 9.97. The number of hydrogen-bond donors (Lipinski definition) is 0. The lowest BCUT2D eigenvalue weighted by Gasteiger charge is -2.12. The summed E-state index contributed by atoms with van der Waals surface area (Å²) in [4.78, 5) is 14.1. The van der Waals surface area contributed by atoms with Crippen LogP contribution in [-0.4, -0.2) is 15.0 Å². The predicted octanol–water partition coefficient (Wildman–Crippen LogP) is 8.85. The Morgan fingerprint density at radius 2 is 0.895 bits per heavy atom. The molecule has 0 aliphatic heterocycles. The molecule has 0 saturated carbocycles. The summed E-state index contributed by atoms with van der Waals surface area (Å²) >= 11 is 0. The van der Waals surface area contributed by atoms with E-state index in [9.17, 15) is 0 Å². The van der Waals surface area contributed by atoms with Crippen molar-refractivity contribution < 1.29 is 0 Å². The van der Waals surface area contributed by atoms with E-state index < -0.39 is 0 Å². The number of nitrogens with zero attached hydrogens (tertiary/aromatic N) is 3. The van der Waals surface area contributed by atoms with Crippen molar-refractivity contribution in [2.45, 2.75) is 0 Å². The summed E-state index contributed by atoms with van der Waals surface area (Å²) in [5.41, 5.74) is 7.26. The Bertz CT molecular complexity index is 1830.